The lowest BCUT2D eigenvalue weighted by Crippen LogP contribution is -2.57. The SMILES string of the molecule is CC(c1cc(F)cc(F)c1)N1CCN2C[C@@H](CN)CC[C@H]2C1. The average Bonchev–Trinajstić information content (AvgIpc) is 2.52. The minimum atomic E-state index is -0.496. The molecule has 1 aromatic carbocycles. The minimum Gasteiger partial charge on any atom is -0.330 e. The molecule has 2 N–H and O–H groups in total. The molecule has 0 amide bonds. The summed E-state index contributed by atoms with van der Waals surface area (Å²) in [6.45, 7) is 6.83. The Morgan fingerprint density at radius 3 is 2.55 bits per heavy atom. The van der Waals surface area contributed by atoms with Crippen molar-refractivity contribution in [3.63, 3.8) is 0 Å². The van der Waals surface area contributed by atoms with Crippen LogP contribution in [-0.4, -0.2) is 48.6 Å². The van der Waals surface area contributed by atoms with Crippen LogP contribution in [0.2, 0.25) is 0 Å². The Bertz CT molecular complexity index is 502. The molecule has 2 aliphatic rings. The highest BCUT2D eigenvalue weighted by Gasteiger charge is 2.34. The van der Waals surface area contributed by atoms with E-state index in [-0.39, 0.29) is 6.04 Å². The topological polar surface area (TPSA) is 32.5 Å². The van der Waals surface area contributed by atoms with Crippen molar-refractivity contribution in [1.29, 1.82) is 0 Å². The van der Waals surface area contributed by atoms with E-state index in [0.29, 0.717) is 12.0 Å². The molecule has 3 atom stereocenters. The van der Waals surface area contributed by atoms with Crippen molar-refractivity contribution in [3.05, 3.63) is 35.4 Å². The second kappa shape index (κ2) is 6.60. The van der Waals surface area contributed by atoms with Crippen LogP contribution < -0.4 is 5.73 Å². The summed E-state index contributed by atoms with van der Waals surface area (Å²) in [4.78, 5) is 4.88. The average molecular weight is 309 g/mol. The summed E-state index contributed by atoms with van der Waals surface area (Å²) in [6, 6.07) is 4.43. The van der Waals surface area contributed by atoms with Gasteiger partial charge in [0, 0.05) is 44.3 Å². The molecular weight excluding hydrogens is 284 g/mol. The van der Waals surface area contributed by atoms with Gasteiger partial charge in [-0.3, -0.25) is 9.80 Å². The Morgan fingerprint density at radius 2 is 1.86 bits per heavy atom. The Kier molecular flexibility index (Phi) is 4.76. The molecule has 0 bridgehead atoms. The Morgan fingerprint density at radius 1 is 1.14 bits per heavy atom. The number of nitrogens with two attached hydrogens (primary N) is 1. The van der Waals surface area contributed by atoms with E-state index >= 15 is 0 Å². The zero-order valence-electron chi connectivity index (χ0n) is 13.1. The monoisotopic (exact) mass is 309 g/mol. The fraction of sp³-hybridized carbons (Fsp3) is 0.647. The third-order valence-electron chi connectivity index (χ3n) is 5.29. The van der Waals surface area contributed by atoms with E-state index < -0.39 is 11.6 Å². The van der Waals surface area contributed by atoms with E-state index in [0.717, 1.165) is 44.4 Å². The minimum absolute atomic E-state index is 0.0413. The van der Waals surface area contributed by atoms with Gasteiger partial charge < -0.3 is 5.73 Å². The smallest absolute Gasteiger partial charge is 0.126 e. The number of rotatable bonds is 3. The molecule has 22 heavy (non-hydrogen) atoms. The lowest BCUT2D eigenvalue weighted by molar-refractivity contribution is 0.0141. The van der Waals surface area contributed by atoms with Gasteiger partial charge in [-0.2, -0.15) is 0 Å². The molecule has 2 fully saturated rings. The van der Waals surface area contributed by atoms with Crippen LogP contribution in [0, 0.1) is 17.6 Å². The lowest BCUT2D eigenvalue weighted by Gasteiger charge is -2.47. The summed E-state index contributed by atoms with van der Waals surface area (Å²) in [6.07, 6.45) is 2.36. The van der Waals surface area contributed by atoms with Gasteiger partial charge in [0.25, 0.3) is 0 Å². The van der Waals surface area contributed by atoms with Crippen molar-refractivity contribution >= 4 is 0 Å². The van der Waals surface area contributed by atoms with Gasteiger partial charge in [-0.05, 0) is 49.9 Å². The summed E-state index contributed by atoms with van der Waals surface area (Å²) < 4.78 is 26.9. The number of hydrogen-bond donors (Lipinski definition) is 1. The largest absolute Gasteiger partial charge is 0.330 e. The van der Waals surface area contributed by atoms with E-state index in [1.165, 1.54) is 25.0 Å². The molecule has 0 saturated carbocycles. The predicted molar refractivity (Wildman–Crippen MR) is 83.5 cm³/mol. The van der Waals surface area contributed by atoms with E-state index in [9.17, 15) is 8.78 Å². The summed E-state index contributed by atoms with van der Waals surface area (Å²) in [7, 11) is 0. The van der Waals surface area contributed by atoms with Crippen molar-refractivity contribution < 1.29 is 8.78 Å². The molecule has 2 saturated heterocycles. The normalized spacial score (nSPS) is 28.4. The van der Waals surface area contributed by atoms with Gasteiger partial charge in [0.1, 0.15) is 11.6 Å². The van der Waals surface area contributed by atoms with Crippen LogP contribution in [0.5, 0.6) is 0 Å². The van der Waals surface area contributed by atoms with Crippen molar-refractivity contribution in [2.45, 2.75) is 31.8 Å². The molecule has 2 aliphatic heterocycles. The molecule has 0 spiro atoms. The second-order valence-electron chi connectivity index (χ2n) is 6.70. The summed E-state index contributed by atoms with van der Waals surface area (Å²) in [5, 5.41) is 0. The standard InChI is InChI=1S/C17H25F2N3/c1-12(14-6-15(18)8-16(19)7-14)21-4-5-22-10-13(9-20)2-3-17(22)11-21/h6-8,12-13,17H,2-5,9-11,20H2,1H3/t12?,13-,17+/m1/s1. The molecule has 3 nitrogen and oxygen atoms in total. The van der Waals surface area contributed by atoms with E-state index in [1.54, 1.807) is 0 Å². The van der Waals surface area contributed by atoms with Crippen LogP contribution >= 0.6 is 0 Å². The van der Waals surface area contributed by atoms with Gasteiger partial charge in [-0.15, -0.1) is 0 Å². The van der Waals surface area contributed by atoms with Crippen LogP contribution in [0.4, 0.5) is 8.78 Å². The first-order chi connectivity index (χ1) is 10.6. The van der Waals surface area contributed by atoms with Gasteiger partial charge in [0.15, 0.2) is 0 Å². The van der Waals surface area contributed by atoms with Gasteiger partial charge in [-0.1, -0.05) is 0 Å². The third-order valence-corrected chi connectivity index (χ3v) is 5.29. The molecular formula is C17H25F2N3. The highest BCUT2D eigenvalue weighted by Crippen LogP contribution is 2.29. The first kappa shape index (κ1) is 15.8. The molecule has 0 aliphatic carbocycles. The maximum Gasteiger partial charge on any atom is 0.126 e. The lowest BCUT2D eigenvalue weighted by atomic mass is 9.90. The number of piperazine rings is 1. The highest BCUT2D eigenvalue weighted by molar-refractivity contribution is 5.21. The first-order valence-corrected chi connectivity index (χ1v) is 8.21. The Balaban J connectivity index is 1.67. The van der Waals surface area contributed by atoms with E-state index in [4.69, 9.17) is 5.73 Å². The molecule has 122 valence electrons. The van der Waals surface area contributed by atoms with Crippen LogP contribution in [-0.2, 0) is 0 Å². The van der Waals surface area contributed by atoms with Crippen LogP contribution in [0.15, 0.2) is 18.2 Å². The number of nitrogens with zero attached hydrogens (tertiary/aromatic N) is 2. The molecule has 0 radical (unpaired) electrons. The van der Waals surface area contributed by atoms with Crippen LogP contribution in [0.1, 0.15) is 31.4 Å². The number of piperidine rings is 1. The molecule has 3 rings (SSSR count). The number of halogens is 2. The third kappa shape index (κ3) is 3.31. The van der Waals surface area contributed by atoms with Crippen LogP contribution in [0.25, 0.3) is 0 Å². The predicted octanol–water partition coefficient (Wildman–Crippen LogP) is 2.38. The van der Waals surface area contributed by atoms with Crippen molar-refractivity contribution in [2.24, 2.45) is 11.7 Å². The Labute approximate surface area is 131 Å². The second-order valence-corrected chi connectivity index (χ2v) is 6.70. The zero-order valence-corrected chi connectivity index (χ0v) is 13.1. The number of benzene rings is 1. The van der Waals surface area contributed by atoms with Crippen molar-refractivity contribution in [1.82, 2.24) is 9.80 Å². The fourth-order valence-corrected chi connectivity index (χ4v) is 3.85. The molecule has 5 heteroatoms. The fourth-order valence-electron chi connectivity index (χ4n) is 3.85. The quantitative estimate of drug-likeness (QED) is 0.930. The molecule has 0 aromatic heterocycles. The van der Waals surface area contributed by atoms with Gasteiger partial charge in [0.2, 0.25) is 0 Å². The summed E-state index contributed by atoms with van der Waals surface area (Å²) in [5.74, 6) is -0.370. The van der Waals surface area contributed by atoms with Gasteiger partial charge >= 0.3 is 0 Å². The highest BCUT2D eigenvalue weighted by atomic mass is 19.1. The Hall–Kier alpha value is -1.04. The van der Waals surface area contributed by atoms with Gasteiger partial charge in [-0.25, -0.2) is 8.78 Å². The van der Waals surface area contributed by atoms with E-state index in [1.807, 2.05) is 6.92 Å². The summed E-state index contributed by atoms with van der Waals surface area (Å²) in [5.41, 5.74) is 6.52. The van der Waals surface area contributed by atoms with Crippen molar-refractivity contribution in [3.8, 4) is 0 Å². The van der Waals surface area contributed by atoms with Gasteiger partial charge in [0.05, 0.1) is 0 Å². The molecule has 1 aromatic rings. The number of fused-ring (bicyclic) bond motifs is 1. The zero-order chi connectivity index (χ0) is 15.7. The summed E-state index contributed by atoms with van der Waals surface area (Å²) >= 11 is 0. The number of hydrogen-bond acceptors (Lipinski definition) is 3. The van der Waals surface area contributed by atoms with E-state index in [2.05, 4.69) is 9.80 Å². The van der Waals surface area contributed by atoms with Crippen molar-refractivity contribution in [2.75, 3.05) is 32.7 Å². The molecule has 1 unspecified atom stereocenters. The molecule has 2 heterocycles. The first-order valence-electron chi connectivity index (χ1n) is 8.21. The van der Waals surface area contributed by atoms with Crippen LogP contribution in [0.3, 0.4) is 0 Å². The maximum atomic E-state index is 13.4. The maximum absolute atomic E-state index is 13.4.